The molecule has 0 spiro atoms. The van der Waals surface area contributed by atoms with Crippen molar-refractivity contribution in [2.75, 3.05) is 13.1 Å². The van der Waals surface area contributed by atoms with Gasteiger partial charge in [-0.3, -0.25) is 4.79 Å². The van der Waals surface area contributed by atoms with Crippen molar-refractivity contribution < 1.29 is 4.79 Å². The van der Waals surface area contributed by atoms with Gasteiger partial charge in [0, 0.05) is 30.1 Å². The molecule has 1 aliphatic heterocycles. The van der Waals surface area contributed by atoms with Gasteiger partial charge in [-0.2, -0.15) is 0 Å². The van der Waals surface area contributed by atoms with Gasteiger partial charge in [-0.05, 0) is 24.6 Å². The van der Waals surface area contributed by atoms with Gasteiger partial charge in [0.05, 0.1) is 0 Å². The third kappa shape index (κ3) is 3.48. The SMILES string of the molecule is CC(C)C(=O)N(Cc1ccccc1Cl)[C@H]1CCNC1. The van der Waals surface area contributed by atoms with Crippen molar-refractivity contribution in [3.05, 3.63) is 34.9 Å². The highest BCUT2D eigenvalue weighted by atomic mass is 35.5. The number of amides is 1. The molecular weight excluding hydrogens is 260 g/mol. The van der Waals surface area contributed by atoms with Crippen molar-refractivity contribution >= 4 is 17.5 Å². The van der Waals surface area contributed by atoms with Crippen LogP contribution in [0.1, 0.15) is 25.8 Å². The quantitative estimate of drug-likeness (QED) is 0.920. The summed E-state index contributed by atoms with van der Waals surface area (Å²) in [5.41, 5.74) is 1.02. The summed E-state index contributed by atoms with van der Waals surface area (Å²) in [5, 5.41) is 4.05. The molecular formula is C15H21ClN2O. The summed E-state index contributed by atoms with van der Waals surface area (Å²) in [7, 11) is 0. The van der Waals surface area contributed by atoms with E-state index in [1.54, 1.807) is 0 Å². The molecule has 3 nitrogen and oxygen atoms in total. The zero-order chi connectivity index (χ0) is 13.8. The molecule has 4 heteroatoms. The molecule has 0 bridgehead atoms. The van der Waals surface area contributed by atoms with Crippen molar-refractivity contribution in [1.82, 2.24) is 10.2 Å². The number of rotatable bonds is 4. The van der Waals surface area contributed by atoms with E-state index in [-0.39, 0.29) is 17.9 Å². The van der Waals surface area contributed by atoms with Gasteiger partial charge < -0.3 is 10.2 Å². The minimum atomic E-state index is 0.0167. The van der Waals surface area contributed by atoms with E-state index in [0.717, 1.165) is 30.1 Å². The summed E-state index contributed by atoms with van der Waals surface area (Å²) in [6, 6.07) is 8.03. The van der Waals surface area contributed by atoms with Crippen molar-refractivity contribution in [2.45, 2.75) is 32.9 Å². The van der Waals surface area contributed by atoms with E-state index in [2.05, 4.69) is 5.32 Å². The van der Waals surface area contributed by atoms with Crippen LogP contribution in [0.4, 0.5) is 0 Å². The molecule has 0 saturated carbocycles. The van der Waals surface area contributed by atoms with Gasteiger partial charge in [0.2, 0.25) is 5.91 Å². The molecule has 1 aromatic rings. The van der Waals surface area contributed by atoms with Gasteiger partial charge >= 0.3 is 0 Å². The van der Waals surface area contributed by atoms with E-state index in [9.17, 15) is 4.79 Å². The first-order valence-electron chi connectivity index (χ1n) is 6.84. The van der Waals surface area contributed by atoms with Crippen LogP contribution in [0.3, 0.4) is 0 Å². The highest BCUT2D eigenvalue weighted by molar-refractivity contribution is 6.31. The van der Waals surface area contributed by atoms with E-state index in [1.165, 1.54) is 0 Å². The fourth-order valence-corrected chi connectivity index (χ4v) is 2.63. The fourth-order valence-electron chi connectivity index (χ4n) is 2.43. The third-order valence-corrected chi connectivity index (χ3v) is 3.92. The topological polar surface area (TPSA) is 32.3 Å². The molecule has 1 saturated heterocycles. The molecule has 0 unspecified atom stereocenters. The second-order valence-corrected chi connectivity index (χ2v) is 5.77. The van der Waals surface area contributed by atoms with E-state index >= 15 is 0 Å². The summed E-state index contributed by atoms with van der Waals surface area (Å²) in [6.45, 7) is 6.36. The number of nitrogens with one attached hydrogen (secondary N) is 1. The summed E-state index contributed by atoms with van der Waals surface area (Å²) in [6.07, 6.45) is 1.02. The molecule has 1 N–H and O–H groups in total. The Morgan fingerprint density at radius 3 is 2.79 bits per heavy atom. The van der Waals surface area contributed by atoms with Crippen LogP contribution in [-0.4, -0.2) is 29.9 Å². The minimum absolute atomic E-state index is 0.0167. The number of nitrogens with zero attached hydrogens (tertiary/aromatic N) is 1. The first-order valence-corrected chi connectivity index (χ1v) is 7.22. The monoisotopic (exact) mass is 280 g/mol. The Bertz CT molecular complexity index is 442. The standard InChI is InChI=1S/C15H21ClN2O/c1-11(2)15(19)18(13-7-8-17-9-13)10-12-5-3-4-6-14(12)16/h3-6,11,13,17H,7-10H2,1-2H3/t13-/m0/s1. The highest BCUT2D eigenvalue weighted by Gasteiger charge is 2.28. The fraction of sp³-hybridized carbons (Fsp3) is 0.533. The van der Waals surface area contributed by atoms with Crippen molar-refractivity contribution in [2.24, 2.45) is 5.92 Å². The van der Waals surface area contributed by atoms with Crippen LogP contribution in [0.15, 0.2) is 24.3 Å². The third-order valence-electron chi connectivity index (χ3n) is 3.55. The molecule has 0 aliphatic carbocycles. The number of carbonyl (C=O) groups excluding carboxylic acids is 1. The van der Waals surface area contributed by atoms with Gasteiger partial charge in [-0.1, -0.05) is 43.6 Å². The molecule has 0 radical (unpaired) electrons. The molecule has 2 rings (SSSR count). The second kappa shape index (κ2) is 6.40. The molecule has 0 aromatic heterocycles. The lowest BCUT2D eigenvalue weighted by molar-refractivity contribution is -0.137. The summed E-state index contributed by atoms with van der Waals surface area (Å²) < 4.78 is 0. The van der Waals surface area contributed by atoms with Gasteiger partial charge in [0.15, 0.2) is 0 Å². The van der Waals surface area contributed by atoms with E-state index < -0.39 is 0 Å². The molecule has 1 aliphatic rings. The Morgan fingerprint density at radius 2 is 2.21 bits per heavy atom. The van der Waals surface area contributed by atoms with Crippen LogP contribution >= 0.6 is 11.6 Å². The maximum atomic E-state index is 12.4. The zero-order valence-corrected chi connectivity index (χ0v) is 12.3. The summed E-state index contributed by atoms with van der Waals surface area (Å²) >= 11 is 6.21. The van der Waals surface area contributed by atoms with Crippen LogP contribution in [0, 0.1) is 5.92 Å². The Kier molecular flexibility index (Phi) is 4.83. The van der Waals surface area contributed by atoms with E-state index in [4.69, 9.17) is 11.6 Å². The lowest BCUT2D eigenvalue weighted by Crippen LogP contribution is -2.43. The highest BCUT2D eigenvalue weighted by Crippen LogP contribution is 2.21. The summed E-state index contributed by atoms with van der Waals surface area (Å²) in [5.74, 6) is 0.219. The smallest absolute Gasteiger partial charge is 0.225 e. The number of carbonyl (C=O) groups is 1. The second-order valence-electron chi connectivity index (χ2n) is 5.36. The Hall–Kier alpha value is -1.06. The van der Waals surface area contributed by atoms with Crippen molar-refractivity contribution in [1.29, 1.82) is 0 Å². The molecule has 1 atom stereocenters. The van der Waals surface area contributed by atoms with Crippen LogP contribution in [-0.2, 0) is 11.3 Å². The van der Waals surface area contributed by atoms with E-state index in [0.29, 0.717) is 6.54 Å². The Labute approximate surface area is 119 Å². The average molecular weight is 281 g/mol. The lowest BCUT2D eigenvalue weighted by atomic mass is 10.1. The predicted molar refractivity (Wildman–Crippen MR) is 78.1 cm³/mol. The first-order chi connectivity index (χ1) is 9.09. The molecule has 19 heavy (non-hydrogen) atoms. The Morgan fingerprint density at radius 1 is 1.47 bits per heavy atom. The molecule has 1 amide bonds. The Balaban J connectivity index is 2.18. The number of benzene rings is 1. The molecule has 1 aromatic carbocycles. The van der Waals surface area contributed by atoms with E-state index in [1.807, 2.05) is 43.0 Å². The van der Waals surface area contributed by atoms with Crippen LogP contribution < -0.4 is 5.32 Å². The van der Waals surface area contributed by atoms with Gasteiger partial charge in [-0.25, -0.2) is 0 Å². The number of halogens is 1. The maximum absolute atomic E-state index is 12.4. The van der Waals surface area contributed by atoms with Crippen LogP contribution in [0.2, 0.25) is 5.02 Å². The number of hydrogen-bond acceptors (Lipinski definition) is 2. The average Bonchev–Trinajstić information content (AvgIpc) is 2.90. The van der Waals surface area contributed by atoms with Gasteiger partial charge in [-0.15, -0.1) is 0 Å². The maximum Gasteiger partial charge on any atom is 0.225 e. The minimum Gasteiger partial charge on any atom is -0.334 e. The lowest BCUT2D eigenvalue weighted by Gasteiger charge is -2.30. The predicted octanol–water partition coefficient (Wildman–Crippen LogP) is 2.69. The first kappa shape index (κ1) is 14.4. The van der Waals surface area contributed by atoms with Crippen LogP contribution in [0.25, 0.3) is 0 Å². The molecule has 1 heterocycles. The zero-order valence-electron chi connectivity index (χ0n) is 11.5. The normalized spacial score (nSPS) is 18.8. The van der Waals surface area contributed by atoms with Crippen molar-refractivity contribution in [3.63, 3.8) is 0 Å². The van der Waals surface area contributed by atoms with Gasteiger partial charge in [0.25, 0.3) is 0 Å². The van der Waals surface area contributed by atoms with Gasteiger partial charge in [0.1, 0.15) is 0 Å². The number of hydrogen-bond donors (Lipinski definition) is 1. The summed E-state index contributed by atoms with van der Waals surface area (Å²) in [4.78, 5) is 14.4. The molecule has 104 valence electrons. The van der Waals surface area contributed by atoms with Crippen molar-refractivity contribution in [3.8, 4) is 0 Å². The molecule has 1 fully saturated rings. The largest absolute Gasteiger partial charge is 0.334 e. The van der Waals surface area contributed by atoms with Crippen LogP contribution in [0.5, 0.6) is 0 Å².